The highest BCUT2D eigenvalue weighted by molar-refractivity contribution is 6.91. The van der Waals surface area contributed by atoms with Gasteiger partial charge in [0.05, 0.1) is 5.52 Å². The van der Waals surface area contributed by atoms with E-state index >= 15 is 0 Å². The number of carbonyl (C=O) groups excluding carboxylic acids is 2. The number of rotatable bonds is 5. The molecule has 0 unspecified atom stereocenters. The highest BCUT2D eigenvalue weighted by Gasteiger charge is 2.37. The summed E-state index contributed by atoms with van der Waals surface area (Å²) in [5.74, 6) is 0. The average molecular weight is 495 g/mol. The molecule has 0 saturated heterocycles. The second kappa shape index (κ2) is 9.89. The van der Waals surface area contributed by atoms with E-state index in [4.69, 9.17) is 9.47 Å². The zero-order valence-corrected chi connectivity index (χ0v) is 23.1. The van der Waals surface area contributed by atoms with E-state index in [0.717, 1.165) is 16.5 Å². The van der Waals surface area contributed by atoms with Crippen LogP contribution < -0.4 is 10.5 Å². The topological polar surface area (TPSA) is 69.6 Å². The summed E-state index contributed by atoms with van der Waals surface area (Å²) in [6, 6.07) is 18.1. The van der Waals surface area contributed by atoms with E-state index in [1.54, 1.807) is 4.57 Å². The minimum atomic E-state index is -2.21. The van der Waals surface area contributed by atoms with Gasteiger partial charge in [-0.1, -0.05) is 66.8 Å². The van der Waals surface area contributed by atoms with E-state index in [1.807, 2.05) is 90.2 Å². The Bertz CT molecular complexity index is 1190. The van der Waals surface area contributed by atoms with Crippen LogP contribution in [-0.4, -0.2) is 41.7 Å². The van der Waals surface area contributed by atoms with E-state index < -0.39 is 31.5 Å². The standard InChI is InChI=1S/C28H38N2O4Si/c1-27(2,3)33-25(31)29-24(35(7,8)21-14-10-9-11-15-21)18-20-19-30(26(32)34-28(4,5)6)23-17-13-12-16-22(20)23/h9-17,19,24H,18H2,1-8H3,(H,29,31)/t24-/m1/s1. The number of hydrogen-bond acceptors (Lipinski definition) is 4. The van der Waals surface area contributed by atoms with Crippen molar-refractivity contribution >= 4 is 36.4 Å². The van der Waals surface area contributed by atoms with E-state index in [9.17, 15) is 9.59 Å². The van der Waals surface area contributed by atoms with Crippen LogP contribution in [0.3, 0.4) is 0 Å². The van der Waals surface area contributed by atoms with Gasteiger partial charge in [-0.05, 0) is 59.6 Å². The lowest BCUT2D eigenvalue weighted by atomic mass is 10.1. The van der Waals surface area contributed by atoms with E-state index in [2.05, 4.69) is 30.5 Å². The third-order valence-corrected chi connectivity index (χ3v) is 9.80. The molecule has 188 valence electrons. The largest absolute Gasteiger partial charge is 0.444 e. The van der Waals surface area contributed by atoms with Gasteiger partial charge in [0.2, 0.25) is 0 Å². The van der Waals surface area contributed by atoms with Gasteiger partial charge in [-0.3, -0.25) is 4.57 Å². The molecule has 0 radical (unpaired) electrons. The molecule has 2 aromatic carbocycles. The molecular weight excluding hydrogens is 456 g/mol. The van der Waals surface area contributed by atoms with Gasteiger partial charge in [0.15, 0.2) is 0 Å². The summed E-state index contributed by atoms with van der Waals surface area (Å²) in [7, 11) is -2.21. The average Bonchev–Trinajstić information content (AvgIpc) is 3.10. The number of nitrogens with one attached hydrogen (secondary N) is 1. The minimum Gasteiger partial charge on any atom is -0.444 e. The van der Waals surface area contributed by atoms with Crippen molar-refractivity contribution in [1.29, 1.82) is 0 Å². The maximum Gasteiger partial charge on any atom is 0.419 e. The van der Waals surface area contributed by atoms with Crippen molar-refractivity contribution in [2.24, 2.45) is 0 Å². The lowest BCUT2D eigenvalue weighted by Gasteiger charge is -2.34. The molecule has 0 aliphatic heterocycles. The molecule has 0 bridgehead atoms. The van der Waals surface area contributed by atoms with Gasteiger partial charge in [-0.25, -0.2) is 9.59 Å². The van der Waals surface area contributed by atoms with Crippen molar-refractivity contribution in [2.45, 2.75) is 77.9 Å². The summed E-state index contributed by atoms with van der Waals surface area (Å²) < 4.78 is 12.8. The van der Waals surface area contributed by atoms with Crippen molar-refractivity contribution < 1.29 is 19.1 Å². The first kappa shape index (κ1) is 26.5. The molecule has 0 spiro atoms. The molecule has 0 fully saturated rings. The van der Waals surface area contributed by atoms with Crippen LogP contribution in [0, 0.1) is 0 Å². The number of aromatic nitrogens is 1. The molecule has 1 aromatic heterocycles. The molecule has 7 heteroatoms. The van der Waals surface area contributed by atoms with Gasteiger partial charge < -0.3 is 14.8 Å². The fourth-order valence-corrected chi connectivity index (χ4v) is 6.76. The Balaban J connectivity index is 2.03. The minimum absolute atomic E-state index is 0.169. The third kappa shape index (κ3) is 6.75. The second-order valence-electron chi connectivity index (χ2n) is 11.5. The van der Waals surface area contributed by atoms with Gasteiger partial charge in [-0.15, -0.1) is 0 Å². The van der Waals surface area contributed by atoms with Gasteiger partial charge in [0, 0.05) is 17.2 Å². The summed E-state index contributed by atoms with van der Waals surface area (Å²) in [6.07, 6.45) is 1.55. The highest BCUT2D eigenvalue weighted by atomic mass is 28.3. The SMILES string of the molecule is CC(C)(C)OC(=O)N[C@@H](Cc1cn(C(=O)OC(C)(C)C)c2ccccc12)[Si](C)(C)c1ccccc1. The fourth-order valence-electron chi connectivity index (χ4n) is 4.10. The lowest BCUT2D eigenvalue weighted by Crippen LogP contribution is -2.61. The monoisotopic (exact) mass is 494 g/mol. The number of carbonyl (C=O) groups is 2. The van der Waals surface area contributed by atoms with E-state index in [-0.39, 0.29) is 5.67 Å². The van der Waals surface area contributed by atoms with Crippen molar-refractivity contribution in [2.75, 3.05) is 0 Å². The summed E-state index contributed by atoms with van der Waals surface area (Å²) >= 11 is 0. The van der Waals surface area contributed by atoms with Crippen LogP contribution >= 0.6 is 0 Å². The predicted molar refractivity (Wildman–Crippen MR) is 144 cm³/mol. The Labute approximate surface area is 209 Å². The molecule has 0 aliphatic rings. The highest BCUT2D eigenvalue weighted by Crippen LogP contribution is 2.26. The summed E-state index contributed by atoms with van der Waals surface area (Å²) in [4.78, 5) is 25.9. The zero-order valence-electron chi connectivity index (χ0n) is 22.1. The molecule has 3 rings (SSSR count). The van der Waals surface area contributed by atoms with Crippen molar-refractivity contribution in [3.05, 3.63) is 66.4 Å². The predicted octanol–water partition coefficient (Wildman–Crippen LogP) is 6.02. The zero-order chi connectivity index (χ0) is 26.0. The number of amides is 1. The number of ether oxygens (including phenoxy) is 2. The van der Waals surface area contributed by atoms with Crippen LogP contribution in [0.15, 0.2) is 60.8 Å². The lowest BCUT2D eigenvalue weighted by molar-refractivity contribution is 0.0512. The molecule has 1 atom stereocenters. The molecule has 1 heterocycles. The molecule has 0 aliphatic carbocycles. The maximum atomic E-state index is 13.0. The van der Waals surface area contributed by atoms with Crippen LogP contribution in [-0.2, 0) is 15.9 Å². The number of nitrogens with zero attached hydrogens (tertiary/aromatic N) is 1. The first-order valence-corrected chi connectivity index (χ1v) is 15.1. The Hall–Kier alpha value is -3.06. The molecule has 0 saturated carbocycles. The van der Waals surface area contributed by atoms with Crippen molar-refractivity contribution in [3.63, 3.8) is 0 Å². The van der Waals surface area contributed by atoms with Gasteiger partial charge in [-0.2, -0.15) is 0 Å². The van der Waals surface area contributed by atoms with E-state index in [0.29, 0.717) is 6.42 Å². The number of para-hydroxylation sites is 1. The van der Waals surface area contributed by atoms with Crippen LogP contribution in [0.5, 0.6) is 0 Å². The Morgan fingerprint density at radius 1 is 0.886 bits per heavy atom. The first-order valence-electron chi connectivity index (χ1n) is 12.0. The van der Waals surface area contributed by atoms with Crippen LogP contribution in [0.2, 0.25) is 13.1 Å². The van der Waals surface area contributed by atoms with Gasteiger partial charge in [0.1, 0.15) is 19.3 Å². The summed E-state index contributed by atoms with van der Waals surface area (Å²) in [5, 5.41) is 5.38. The first-order chi connectivity index (χ1) is 16.2. The third-order valence-electron chi connectivity index (χ3n) is 5.89. The molecule has 1 N–H and O–H groups in total. The maximum absolute atomic E-state index is 13.0. The smallest absolute Gasteiger partial charge is 0.419 e. The van der Waals surface area contributed by atoms with Crippen molar-refractivity contribution in [3.8, 4) is 0 Å². The van der Waals surface area contributed by atoms with Crippen molar-refractivity contribution in [1.82, 2.24) is 9.88 Å². The molecular formula is C28H38N2O4Si. The molecule has 3 aromatic rings. The summed E-state index contributed by atoms with van der Waals surface area (Å²) in [5.41, 5.74) is 0.388. The van der Waals surface area contributed by atoms with Crippen LogP contribution in [0.4, 0.5) is 9.59 Å². The molecule has 1 amide bonds. The van der Waals surface area contributed by atoms with E-state index in [1.165, 1.54) is 5.19 Å². The number of alkyl carbamates (subject to hydrolysis) is 1. The number of benzene rings is 2. The summed E-state index contributed by atoms with van der Waals surface area (Å²) in [6.45, 7) is 15.6. The number of fused-ring (bicyclic) bond motifs is 1. The normalized spacial score (nSPS) is 13.4. The molecule has 35 heavy (non-hydrogen) atoms. The Kier molecular flexibility index (Phi) is 7.50. The Morgan fingerprint density at radius 3 is 2.06 bits per heavy atom. The molecule has 6 nitrogen and oxygen atoms in total. The number of hydrogen-bond donors (Lipinski definition) is 1. The second-order valence-corrected chi connectivity index (χ2v) is 16.2. The fraction of sp³-hybridized carbons (Fsp3) is 0.429. The Morgan fingerprint density at radius 2 is 1.46 bits per heavy atom. The van der Waals surface area contributed by atoms with Gasteiger partial charge >= 0.3 is 12.2 Å². The quantitative estimate of drug-likeness (QED) is 0.441. The van der Waals surface area contributed by atoms with Gasteiger partial charge in [0.25, 0.3) is 0 Å². The van der Waals surface area contributed by atoms with Crippen LogP contribution in [0.1, 0.15) is 47.1 Å². The van der Waals surface area contributed by atoms with Crippen LogP contribution in [0.25, 0.3) is 10.9 Å².